The average Bonchev–Trinajstić information content (AvgIpc) is 3.89. The predicted octanol–water partition coefficient (Wildman–Crippen LogP) is 14.6. The van der Waals surface area contributed by atoms with Crippen LogP contribution < -0.4 is 0 Å². The van der Waals surface area contributed by atoms with Crippen LogP contribution in [0.4, 0.5) is 0 Å². The van der Waals surface area contributed by atoms with Crippen LogP contribution in [0.25, 0.3) is 100 Å². The van der Waals surface area contributed by atoms with Crippen LogP contribution in [0, 0.1) is 0 Å². The predicted molar refractivity (Wildman–Crippen MR) is 250 cm³/mol. The third kappa shape index (κ3) is 5.24. The topological polar surface area (TPSA) is 35.6 Å². The molecule has 3 aromatic heterocycles. The molecule has 0 radical (unpaired) electrons. The van der Waals surface area contributed by atoms with Crippen molar-refractivity contribution >= 4 is 55.2 Å². The Morgan fingerprint density at radius 3 is 1.68 bits per heavy atom. The highest BCUT2D eigenvalue weighted by molar-refractivity contribution is 6.30. The number of rotatable bonds is 5. The highest BCUT2D eigenvalue weighted by Crippen LogP contribution is 2.49. The number of fused-ring (bicyclic) bond motifs is 9. The van der Waals surface area contributed by atoms with E-state index >= 15 is 0 Å². The largest absolute Gasteiger partial charge is 0.309 e. The van der Waals surface area contributed by atoms with Crippen molar-refractivity contribution in [2.45, 2.75) is 19.3 Å². The second-order valence-corrected chi connectivity index (χ2v) is 16.8. The lowest BCUT2D eigenvalue weighted by Crippen LogP contribution is -2.15. The monoisotopic (exact) mass is 788 g/mol. The molecule has 5 heteroatoms. The van der Waals surface area contributed by atoms with Crippen molar-refractivity contribution in [1.82, 2.24) is 19.1 Å². The van der Waals surface area contributed by atoms with Gasteiger partial charge in [-0.3, -0.25) is 4.57 Å². The van der Waals surface area contributed by atoms with Crippen LogP contribution in [0.1, 0.15) is 25.0 Å². The average molecular weight is 789 g/mol. The van der Waals surface area contributed by atoms with Crippen molar-refractivity contribution in [3.63, 3.8) is 0 Å². The van der Waals surface area contributed by atoms with E-state index in [0.717, 1.165) is 49.9 Å². The summed E-state index contributed by atoms with van der Waals surface area (Å²) in [7, 11) is 0. The van der Waals surface area contributed by atoms with Crippen molar-refractivity contribution in [3.05, 3.63) is 204 Å². The Morgan fingerprint density at radius 1 is 0.400 bits per heavy atom. The third-order valence-corrected chi connectivity index (χ3v) is 12.8. The van der Waals surface area contributed by atoms with Gasteiger partial charge in [-0.1, -0.05) is 147 Å². The number of benzene rings is 8. The maximum atomic E-state index is 6.49. The molecular formula is C55H37ClN4. The zero-order chi connectivity index (χ0) is 40.1. The van der Waals surface area contributed by atoms with Gasteiger partial charge in [0, 0.05) is 48.8 Å². The van der Waals surface area contributed by atoms with Gasteiger partial charge in [0.25, 0.3) is 0 Å². The van der Waals surface area contributed by atoms with Gasteiger partial charge in [-0.25, -0.2) is 9.97 Å². The molecule has 60 heavy (non-hydrogen) atoms. The number of hydrogen-bond acceptors (Lipinski definition) is 2. The van der Waals surface area contributed by atoms with Crippen LogP contribution in [0.2, 0.25) is 5.02 Å². The summed E-state index contributed by atoms with van der Waals surface area (Å²) in [4.78, 5) is 10.4. The van der Waals surface area contributed by atoms with E-state index in [2.05, 4.69) is 163 Å². The van der Waals surface area contributed by atoms with Gasteiger partial charge >= 0.3 is 0 Å². The molecule has 0 spiro atoms. The molecule has 0 fully saturated rings. The van der Waals surface area contributed by atoms with Gasteiger partial charge in [-0.2, -0.15) is 0 Å². The number of aromatic nitrogens is 4. The maximum absolute atomic E-state index is 6.49. The Morgan fingerprint density at radius 2 is 0.967 bits per heavy atom. The molecule has 1 aliphatic rings. The lowest BCUT2D eigenvalue weighted by Gasteiger charge is -2.22. The number of halogens is 1. The van der Waals surface area contributed by atoms with Gasteiger partial charge in [0.1, 0.15) is 0 Å². The second kappa shape index (κ2) is 13.1. The fourth-order valence-electron chi connectivity index (χ4n) is 9.72. The molecule has 0 saturated heterocycles. The van der Waals surface area contributed by atoms with Crippen molar-refractivity contribution in [1.29, 1.82) is 0 Å². The second-order valence-electron chi connectivity index (χ2n) is 16.4. The van der Waals surface area contributed by atoms with Gasteiger partial charge in [-0.05, 0) is 100 Å². The molecule has 0 saturated carbocycles. The van der Waals surface area contributed by atoms with Gasteiger partial charge in [0.2, 0.25) is 5.95 Å². The normalized spacial score (nSPS) is 13.1. The molecule has 1 aliphatic carbocycles. The highest BCUT2D eigenvalue weighted by atomic mass is 35.5. The number of hydrogen-bond donors (Lipinski definition) is 0. The Labute approximate surface area is 352 Å². The Hall–Kier alpha value is -7.27. The Bertz CT molecular complexity index is 3540. The molecule has 284 valence electrons. The minimum absolute atomic E-state index is 0.0784. The van der Waals surface area contributed by atoms with Crippen molar-refractivity contribution in [2.24, 2.45) is 0 Å². The summed E-state index contributed by atoms with van der Waals surface area (Å²) in [5, 5.41) is 5.42. The summed E-state index contributed by atoms with van der Waals surface area (Å²) < 4.78 is 4.63. The first-order valence-electron chi connectivity index (χ1n) is 20.4. The van der Waals surface area contributed by atoms with E-state index in [1.54, 1.807) is 0 Å². The zero-order valence-corrected chi connectivity index (χ0v) is 33.8. The molecule has 0 N–H and O–H groups in total. The van der Waals surface area contributed by atoms with E-state index < -0.39 is 0 Å². The van der Waals surface area contributed by atoms with E-state index in [4.69, 9.17) is 21.6 Å². The quantitative estimate of drug-likeness (QED) is 0.174. The van der Waals surface area contributed by atoms with Crippen LogP contribution in [-0.2, 0) is 5.41 Å². The smallest absolute Gasteiger partial charge is 0.235 e. The number of para-hydroxylation sites is 2. The Balaban J connectivity index is 1.01. The van der Waals surface area contributed by atoms with E-state index in [1.807, 2.05) is 48.5 Å². The van der Waals surface area contributed by atoms with Crippen LogP contribution in [0.15, 0.2) is 188 Å². The van der Waals surface area contributed by atoms with Gasteiger partial charge in [0.05, 0.1) is 33.5 Å². The minimum Gasteiger partial charge on any atom is -0.309 e. The molecule has 3 heterocycles. The van der Waals surface area contributed by atoms with E-state index in [-0.39, 0.29) is 5.41 Å². The fourth-order valence-corrected chi connectivity index (χ4v) is 9.91. The summed E-state index contributed by atoms with van der Waals surface area (Å²) in [6.45, 7) is 4.70. The molecule has 0 unspecified atom stereocenters. The summed E-state index contributed by atoms with van der Waals surface area (Å²) in [6.07, 6.45) is 0. The SMILES string of the molecule is CC1(C)c2ccccc2-c2ccc(-n3c4ccccc4c4cc(-c5ccc6c(c5)c5ccccc5n6-c5nc(-c6ccccc6)cc(-c6cccc(Cl)c6)n5)ccc43)cc21. The molecule has 4 nitrogen and oxygen atoms in total. The zero-order valence-electron chi connectivity index (χ0n) is 33.1. The lowest BCUT2D eigenvalue weighted by atomic mass is 9.82. The molecule has 0 amide bonds. The molecule has 0 aliphatic heterocycles. The summed E-state index contributed by atoms with van der Waals surface area (Å²) in [5.41, 5.74) is 16.9. The number of nitrogens with zero attached hydrogens (tertiary/aromatic N) is 4. The Kier molecular flexibility index (Phi) is 7.60. The van der Waals surface area contributed by atoms with Crippen molar-refractivity contribution < 1.29 is 0 Å². The molecule has 0 bridgehead atoms. The molecule has 8 aromatic carbocycles. The molecule has 0 atom stereocenters. The molecule has 11 aromatic rings. The van der Waals surface area contributed by atoms with Crippen LogP contribution in [0.3, 0.4) is 0 Å². The minimum atomic E-state index is -0.0784. The van der Waals surface area contributed by atoms with Crippen LogP contribution in [0.5, 0.6) is 0 Å². The highest BCUT2D eigenvalue weighted by Gasteiger charge is 2.35. The standard InChI is InChI=1S/C55H37ClN4/c1-55(2)46-20-9-6-17-40(46)41-26-25-39(32-47(41)55)59-50-21-10-7-18-42(50)44-30-35(23-27-52(44)59)36-24-28-53-45(31-36)43-19-8-11-22-51(43)60(53)54-57-48(34-13-4-3-5-14-34)33-49(58-54)37-15-12-16-38(56)29-37/h3-33H,1-2H3. The first-order chi connectivity index (χ1) is 29.4. The lowest BCUT2D eigenvalue weighted by molar-refractivity contribution is 0.660. The maximum Gasteiger partial charge on any atom is 0.235 e. The van der Waals surface area contributed by atoms with Gasteiger partial charge in [-0.15, -0.1) is 0 Å². The first-order valence-corrected chi connectivity index (χ1v) is 20.8. The summed E-state index contributed by atoms with van der Waals surface area (Å²) >= 11 is 6.49. The van der Waals surface area contributed by atoms with Gasteiger partial charge < -0.3 is 4.57 Å². The molecule has 12 rings (SSSR count). The van der Waals surface area contributed by atoms with Gasteiger partial charge in [0.15, 0.2) is 0 Å². The van der Waals surface area contributed by atoms with Crippen LogP contribution in [-0.4, -0.2) is 19.1 Å². The molecular weight excluding hydrogens is 752 g/mol. The van der Waals surface area contributed by atoms with E-state index in [0.29, 0.717) is 11.0 Å². The third-order valence-electron chi connectivity index (χ3n) is 12.6. The van der Waals surface area contributed by atoms with Crippen molar-refractivity contribution in [2.75, 3.05) is 0 Å². The van der Waals surface area contributed by atoms with Crippen molar-refractivity contribution in [3.8, 4) is 56.4 Å². The van der Waals surface area contributed by atoms with E-state index in [1.165, 1.54) is 55.3 Å². The summed E-state index contributed by atoms with van der Waals surface area (Å²) in [6, 6.07) is 67.1. The first kappa shape index (κ1) is 34.7. The fraction of sp³-hybridized carbons (Fsp3) is 0.0545. The van der Waals surface area contributed by atoms with Crippen LogP contribution >= 0.6 is 11.6 Å². The summed E-state index contributed by atoms with van der Waals surface area (Å²) in [5.74, 6) is 0.610. The van der Waals surface area contributed by atoms with E-state index in [9.17, 15) is 0 Å².